The molecule has 0 saturated carbocycles. The highest BCUT2D eigenvalue weighted by Crippen LogP contribution is 2.29. The molecule has 1 aromatic rings. The SMILES string of the molecule is Cl.c1csc(SC2CNC2)c1. The number of halogens is 1. The van der Waals surface area contributed by atoms with E-state index < -0.39 is 0 Å². The van der Waals surface area contributed by atoms with Crippen molar-refractivity contribution in [3.63, 3.8) is 0 Å². The average Bonchev–Trinajstić information content (AvgIpc) is 2.29. The fourth-order valence-corrected chi connectivity index (χ4v) is 2.97. The van der Waals surface area contributed by atoms with Gasteiger partial charge in [-0.3, -0.25) is 0 Å². The molecular formula is C7H10ClNS2. The Morgan fingerprint density at radius 3 is 2.82 bits per heavy atom. The maximum Gasteiger partial charge on any atom is 0.0602 e. The zero-order chi connectivity index (χ0) is 6.81. The standard InChI is InChI=1S/C7H9NS2.ClH/c1-2-7(9-3-1)10-6-4-8-5-6;/h1-3,6,8H,4-5H2;1H. The molecule has 1 aromatic heterocycles. The van der Waals surface area contributed by atoms with Gasteiger partial charge in [0.2, 0.25) is 0 Å². The second-order valence-electron chi connectivity index (χ2n) is 2.33. The maximum absolute atomic E-state index is 3.26. The third-order valence-corrected chi connectivity index (χ3v) is 3.80. The summed E-state index contributed by atoms with van der Waals surface area (Å²) in [6.07, 6.45) is 0. The molecule has 0 atom stereocenters. The van der Waals surface area contributed by atoms with Gasteiger partial charge in [0.25, 0.3) is 0 Å². The largest absolute Gasteiger partial charge is 0.314 e. The summed E-state index contributed by atoms with van der Waals surface area (Å²) in [6, 6.07) is 4.30. The van der Waals surface area contributed by atoms with Crippen LogP contribution in [-0.4, -0.2) is 18.3 Å². The molecule has 0 radical (unpaired) electrons. The number of thiophene rings is 1. The van der Waals surface area contributed by atoms with Gasteiger partial charge in [-0.25, -0.2) is 0 Å². The summed E-state index contributed by atoms with van der Waals surface area (Å²) >= 11 is 3.83. The highest BCUT2D eigenvalue weighted by atomic mass is 35.5. The summed E-state index contributed by atoms with van der Waals surface area (Å²) in [7, 11) is 0. The van der Waals surface area contributed by atoms with E-state index in [4.69, 9.17) is 0 Å². The number of thioether (sulfide) groups is 1. The van der Waals surface area contributed by atoms with Gasteiger partial charge in [0.1, 0.15) is 0 Å². The lowest BCUT2D eigenvalue weighted by Crippen LogP contribution is -2.44. The topological polar surface area (TPSA) is 12.0 Å². The molecule has 0 aromatic carbocycles. The van der Waals surface area contributed by atoms with E-state index in [9.17, 15) is 0 Å². The Kier molecular flexibility index (Phi) is 3.72. The molecule has 1 nitrogen and oxygen atoms in total. The van der Waals surface area contributed by atoms with Crippen molar-refractivity contribution in [3.05, 3.63) is 17.5 Å². The van der Waals surface area contributed by atoms with Crippen molar-refractivity contribution >= 4 is 35.5 Å². The van der Waals surface area contributed by atoms with Crippen LogP contribution in [0.2, 0.25) is 0 Å². The first-order chi connectivity index (χ1) is 4.95. The number of hydrogen-bond acceptors (Lipinski definition) is 3. The predicted molar refractivity (Wildman–Crippen MR) is 54.1 cm³/mol. The quantitative estimate of drug-likeness (QED) is 0.799. The summed E-state index contributed by atoms with van der Waals surface area (Å²) in [5, 5.41) is 6.22. The molecule has 0 spiro atoms. The van der Waals surface area contributed by atoms with Gasteiger partial charge in [0.15, 0.2) is 0 Å². The van der Waals surface area contributed by atoms with Gasteiger partial charge >= 0.3 is 0 Å². The molecule has 0 bridgehead atoms. The van der Waals surface area contributed by atoms with Gasteiger partial charge in [-0.05, 0) is 11.4 Å². The Hall–Kier alpha value is 0.300. The summed E-state index contributed by atoms with van der Waals surface area (Å²) in [5.74, 6) is 0. The van der Waals surface area contributed by atoms with Crippen molar-refractivity contribution in [3.8, 4) is 0 Å². The zero-order valence-corrected chi connectivity index (χ0v) is 8.40. The minimum absolute atomic E-state index is 0. The Morgan fingerprint density at radius 2 is 2.36 bits per heavy atom. The lowest BCUT2D eigenvalue weighted by atomic mass is 10.3. The molecule has 1 N–H and O–H groups in total. The Balaban J connectivity index is 0.000000605. The number of nitrogens with one attached hydrogen (secondary N) is 1. The lowest BCUT2D eigenvalue weighted by molar-refractivity contribution is 0.544. The van der Waals surface area contributed by atoms with Gasteiger partial charge in [-0.2, -0.15) is 0 Å². The van der Waals surface area contributed by atoms with Crippen LogP contribution >= 0.6 is 35.5 Å². The lowest BCUT2D eigenvalue weighted by Gasteiger charge is -2.25. The second kappa shape index (κ2) is 4.36. The van der Waals surface area contributed by atoms with E-state index in [2.05, 4.69) is 22.8 Å². The number of hydrogen-bond donors (Lipinski definition) is 1. The van der Waals surface area contributed by atoms with Gasteiger partial charge in [-0.15, -0.1) is 35.5 Å². The van der Waals surface area contributed by atoms with Crippen molar-refractivity contribution in [1.29, 1.82) is 0 Å². The first-order valence-corrected chi connectivity index (χ1v) is 5.12. The molecule has 1 saturated heterocycles. The molecule has 0 unspecified atom stereocenters. The Labute approximate surface area is 81.0 Å². The van der Waals surface area contributed by atoms with E-state index in [1.165, 1.54) is 17.3 Å². The molecule has 1 aliphatic heterocycles. The van der Waals surface area contributed by atoms with E-state index in [0.29, 0.717) is 0 Å². The first kappa shape index (κ1) is 9.39. The fraction of sp³-hybridized carbons (Fsp3) is 0.429. The smallest absolute Gasteiger partial charge is 0.0602 e. The summed E-state index contributed by atoms with van der Waals surface area (Å²) in [4.78, 5) is 0. The van der Waals surface area contributed by atoms with Gasteiger partial charge in [-0.1, -0.05) is 6.07 Å². The second-order valence-corrected chi connectivity index (χ2v) is 4.88. The summed E-state index contributed by atoms with van der Waals surface area (Å²) < 4.78 is 1.45. The molecule has 2 heterocycles. The van der Waals surface area contributed by atoms with Crippen LogP contribution in [0.3, 0.4) is 0 Å². The van der Waals surface area contributed by atoms with E-state index in [1.807, 2.05) is 23.1 Å². The maximum atomic E-state index is 3.26. The zero-order valence-electron chi connectivity index (χ0n) is 5.95. The van der Waals surface area contributed by atoms with Crippen LogP contribution in [0.15, 0.2) is 21.7 Å². The van der Waals surface area contributed by atoms with Crippen LogP contribution in [-0.2, 0) is 0 Å². The molecule has 4 heteroatoms. The highest BCUT2D eigenvalue weighted by molar-refractivity contribution is 8.01. The first-order valence-electron chi connectivity index (χ1n) is 3.36. The van der Waals surface area contributed by atoms with Crippen molar-refractivity contribution in [2.45, 2.75) is 9.46 Å². The van der Waals surface area contributed by atoms with Gasteiger partial charge in [0.05, 0.1) is 4.21 Å². The van der Waals surface area contributed by atoms with Gasteiger partial charge in [0, 0.05) is 18.3 Å². The van der Waals surface area contributed by atoms with Crippen LogP contribution < -0.4 is 5.32 Å². The van der Waals surface area contributed by atoms with Crippen molar-refractivity contribution in [2.75, 3.05) is 13.1 Å². The molecule has 0 amide bonds. The molecule has 11 heavy (non-hydrogen) atoms. The predicted octanol–water partition coefficient (Wildman–Crippen LogP) is 2.23. The van der Waals surface area contributed by atoms with Crippen LogP contribution in [0.5, 0.6) is 0 Å². The van der Waals surface area contributed by atoms with Crippen LogP contribution in [0, 0.1) is 0 Å². The Morgan fingerprint density at radius 1 is 1.55 bits per heavy atom. The average molecular weight is 208 g/mol. The molecular weight excluding hydrogens is 198 g/mol. The molecule has 1 aliphatic rings. The minimum atomic E-state index is 0. The van der Waals surface area contributed by atoms with E-state index in [0.717, 1.165) is 5.25 Å². The van der Waals surface area contributed by atoms with E-state index >= 15 is 0 Å². The monoisotopic (exact) mass is 207 g/mol. The highest BCUT2D eigenvalue weighted by Gasteiger charge is 2.17. The number of rotatable bonds is 2. The fourth-order valence-electron chi connectivity index (χ4n) is 0.840. The summed E-state index contributed by atoms with van der Waals surface area (Å²) in [5.41, 5.74) is 0. The third-order valence-electron chi connectivity index (χ3n) is 1.52. The molecule has 0 aliphatic carbocycles. The van der Waals surface area contributed by atoms with Crippen molar-refractivity contribution in [2.24, 2.45) is 0 Å². The Bertz CT molecular complexity index is 196. The van der Waals surface area contributed by atoms with Crippen LogP contribution in [0.4, 0.5) is 0 Å². The molecule has 62 valence electrons. The summed E-state index contributed by atoms with van der Waals surface area (Å²) in [6.45, 7) is 2.37. The van der Waals surface area contributed by atoms with E-state index in [-0.39, 0.29) is 12.4 Å². The van der Waals surface area contributed by atoms with Crippen LogP contribution in [0.1, 0.15) is 0 Å². The third kappa shape index (κ3) is 2.37. The normalized spacial score (nSPS) is 17.1. The van der Waals surface area contributed by atoms with Gasteiger partial charge < -0.3 is 5.32 Å². The van der Waals surface area contributed by atoms with Crippen molar-refractivity contribution in [1.82, 2.24) is 5.32 Å². The van der Waals surface area contributed by atoms with Crippen molar-refractivity contribution < 1.29 is 0 Å². The minimum Gasteiger partial charge on any atom is -0.314 e. The molecule has 2 rings (SSSR count). The molecule has 1 fully saturated rings. The van der Waals surface area contributed by atoms with E-state index in [1.54, 1.807) is 0 Å². The van der Waals surface area contributed by atoms with Crippen LogP contribution in [0.25, 0.3) is 0 Å².